The van der Waals surface area contributed by atoms with Gasteiger partial charge in [-0.3, -0.25) is 0 Å². The van der Waals surface area contributed by atoms with Crippen molar-refractivity contribution in [2.24, 2.45) is 0 Å². The molecule has 8 nitrogen and oxygen atoms in total. The van der Waals surface area contributed by atoms with Crippen LogP contribution in [0.1, 0.15) is 24.3 Å². The molecule has 0 saturated carbocycles. The Morgan fingerprint density at radius 2 is 2.00 bits per heavy atom. The molecule has 1 atom stereocenters. The van der Waals surface area contributed by atoms with Gasteiger partial charge in [0.05, 0.1) is 11.8 Å². The average Bonchev–Trinajstić information content (AvgIpc) is 3.38. The second kappa shape index (κ2) is 6.95. The van der Waals surface area contributed by atoms with Gasteiger partial charge in [0.1, 0.15) is 18.4 Å². The molecule has 0 unspecified atom stereocenters. The summed E-state index contributed by atoms with van der Waals surface area (Å²) in [7, 11) is 3.25. The third kappa shape index (κ3) is 2.96. The van der Waals surface area contributed by atoms with Crippen molar-refractivity contribution in [3.63, 3.8) is 0 Å². The summed E-state index contributed by atoms with van der Waals surface area (Å²) in [5.41, 5.74) is 1.67. The molecule has 1 aromatic heterocycles. The quantitative estimate of drug-likeness (QED) is 0.754. The van der Waals surface area contributed by atoms with E-state index in [1.807, 2.05) is 6.07 Å². The number of carbonyl (C=O) groups is 2. The van der Waals surface area contributed by atoms with E-state index in [0.717, 1.165) is 5.56 Å². The van der Waals surface area contributed by atoms with Gasteiger partial charge >= 0.3 is 12.0 Å². The number of esters is 1. The largest absolute Gasteiger partial charge is 0.467 e. The zero-order valence-corrected chi connectivity index (χ0v) is 15.8. The van der Waals surface area contributed by atoms with Crippen molar-refractivity contribution >= 4 is 12.0 Å². The SMILES string of the molecule is CC1=C(C(=O)OCc2ccc3c(c2)OCO3)[C@H](c2ccco2)N(C)C(=O)N1C. The van der Waals surface area contributed by atoms with Gasteiger partial charge in [-0.15, -0.1) is 0 Å². The molecule has 3 heterocycles. The van der Waals surface area contributed by atoms with Crippen LogP contribution in [0.2, 0.25) is 0 Å². The van der Waals surface area contributed by atoms with E-state index in [-0.39, 0.29) is 19.4 Å². The second-order valence-corrected chi connectivity index (χ2v) is 6.63. The summed E-state index contributed by atoms with van der Waals surface area (Å²) in [6.45, 7) is 1.97. The van der Waals surface area contributed by atoms with E-state index < -0.39 is 12.0 Å². The first-order valence-electron chi connectivity index (χ1n) is 8.77. The van der Waals surface area contributed by atoms with Crippen LogP contribution in [0.3, 0.4) is 0 Å². The molecule has 0 bridgehead atoms. The van der Waals surface area contributed by atoms with Crippen molar-refractivity contribution in [1.29, 1.82) is 0 Å². The van der Waals surface area contributed by atoms with E-state index in [2.05, 4.69) is 0 Å². The van der Waals surface area contributed by atoms with Crippen LogP contribution in [0, 0.1) is 0 Å². The molecule has 0 N–H and O–H groups in total. The number of hydrogen-bond donors (Lipinski definition) is 0. The Hall–Kier alpha value is -3.42. The number of nitrogens with zero attached hydrogens (tertiary/aromatic N) is 2. The van der Waals surface area contributed by atoms with E-state index in [4.69, 9.17) is 18.6 Å². The zero-order valence-electron chi connectivity index (χ0n) is 15.8. The number of hydrogen-bond acceptors (Lipinski definition) is 6. The molecule has 146 valence electrons. The maximum atomic E-state index is 13.0. The number of ether oxygens (including phenoxy) is 3. The number of urea groups is 1. The highest BCUT2D eigenvalue weighted by Crippen LogP contribution is 2.37. The van der Waals surface area contributed by atoms with Crippen molar-refractivity contribution in [1.82, 2.24) is 9.80 Å². The van der Waals surface area contributed by atoms with Crippen LogP contribution in [-0.2, 0) is 16.1 Å². The maximum Gasteiger partial charge on any atom is 0.338 e. The highest BCUT2D eigenvalue weighted by molar-refractivity contribution is 5.94. The van der Waals surface area contributed by atoms with Gasteiger partial charge < -0.3 is 28.4 Å². The Bertz CT molecular complexity index is 950. The van der Waals surface area contributed by atoms with Gasteiger partial charge in [-0.2, -0.15) is 0 Å². The predicted octanol–water partition coefficient (Wildman–Crippen LogP) is 3.06. The van der Waals surface area contributed by atoms with E-state index in [0.29, 0.717) is 28.5 Å². The summed E-state index contributed by atoms with van der Waals surface area (Å²) in [4.78, 5) is 28.4. The molecule has 8 heteroatoms. The van der Waals surface area contributed by atoms with Crippen molar-refractivity contribution in [2.45, 2.75) is 19.6 Å². The number of rotatable bonds is 4. The number of fused-ring (bicyclic) bond motifs is 1. The van der Waals surface area contributed by atoms with Gasteiger partial charge in [0.25, 0.3) is 0 Å². The second-order valence-electron chi connectivity index (χ2n) is 6.63. The molecule has 4 rings (SSSR count). The van der Waals surface area contributed by atoms with E-state index >= 15 is 0 Å². The smallest absolute Gasteiger partial charge is 0.338 e. The summed E-state index contributed by atoms with van der Waals surface area (Å²) >= 11 is 0. The average molecular weight is 384 g/mol. The van der Waals surface area contributed by atoms with Gasteiger partial charge in [-0.1, -0.05) is 6.07 Å². The molecule has 0 fully saturated rings. The van der Waals surface area contributed by atoms with Gasteiger partial charge in [0, 0.05) is 19.8 Å². The fraction of sp³-hybridized carbons (Fsp3) is 0.300. The number of likely N-dealkylation sites (N-methyl/N-ethyl adjacent to an activating group) is 1. The lowest BCUT2D eigenvalue weighted by Gasteiger charge is -2.38. The van der Waals surface area contributed by atoms with Gasteiger partial charge in [0.15, 0.2) is 11.5 Å². The number of benzene rings is 1. The fourth-order valence-electron chi connectivity index (χ4n) is 3.36. The van der Waals surface area contributed by atoms with Gasteiger partial charge in [-0.25, -0.2) is 9.59 Å². The first-order valence-corrected chi connectivity index (χ1v) is 8.77. The fourth-order valence-corrected chi connectivity index (χ4v) is 3.36. The molecule has 0 saturated heterocycles. The summed E-state index contributed by atoms with van der Waals surface area (Å²) in [5.74, 6) is 1.28. The number of amides is 2. The molecule has 0 spiro atoms. The minimum absolute atomic E-state index is 0.0680. The lowest BCUT2D eigenvalue weighted by molar-refractivity contribution is -0.141. The number of allylic oxidation sites excluding steroid dienone is 1. The van der Waals surface area contributed by atoms with Gasteiger partial charge in [0.2, 0.25) is 6.79 Å². The molecule has 2 aliphatic rings. The summed E-state index contributed by atoms with van der Waals surface area (Å²) in [6, 6.07) is 7.95. The van der Waals surface area contributed by atoms with Crippen LogP contribution in [0.4, 0.5) is 4.79 Å². The van der Waals surface area contributed by atoms with Crippen LogP contribution in [-0.4, -0.2) is 42.7 Å². The van der Waals surface area contributed by atoms with Crippen LogP contribution in [0.25, 0.3) is 0 Å². The van der Waals surface area contributed by atoms with E-state index in [9.17, 15) is 9.59 Å². The molecular weight excluding hydrogens is 364 g/mol. The molecule has 0 radical (unpaired) electrons. The van der Waals surface area contributed by atoms with Crippen LogP contribution < -0.4 is 9.47 Å². The van der Waals surface area contributed by atoms with Crippen LogP contribution in [0.5, 0.6) is 11.5 Å². The minimum atomic E-state index is -0.650. The Morgan fingerprint density at radius 1 is 1.21 bits per heavy atom. The normalized spacial score (nSPS) is 18.7. The monoisotopic (exact) mass is 384 g/mol. The van der Waals surface area contributed by atoms with E-state index in [1.54, 1.807) is 45.3 Å². The third-order valence-corrected chi connectivity index (χ3v) is 4.98. The first-order chi connectivity index (χ1) is 13.5. The standard InChI is InChI=1S/C20H20N2O6/c1-12-17(18(15-5-4-8-25-15)22(3)20(24)21(12)2)19(23)26-10-13-6-7-14-16(9-13)28-11-27-14/h4-9,18H,10-11H2,1-3H3/t18-/m0/s1. The Morgan fingerprint density at radius 3 is 2.75 bits per heavy atom. The molecule has 0 aliphatic carbocycles. The third-order valence-electron chi connectivity index (χ3n) is 4.98. The molecule has 2 aliphatic heterocycles. The minimum Gasteiger partial charge on any atom is -0.467 e. The molecule has 2 aromatic rings. The van der Waals surface area contributed by atoms with Crippen molar-refractivity contribution < 1.29 is 28.2 Å². The molecule has 28 heavy (non-hydrogen) atoms. The predicted molar refractivity (Wildman–Crippen MR) is 97.4 cm³/mol. The summed E-state index contributed by atoms with van der Waals surface area (Å²) in [6.07, 6.45) is 1.51. The highest BCUT2D eigenvalue weighted by Gasteiger charge is 2.40. The van der Waals surface area contributed by atoms with Crippen LogP contribution in [0.15, 0.2) is 52.3 Å². The van der Waals surface area contributed by atoms with Crippen molar-refractivity contribution in [2.75, 3.05) is 20.9 Å². The Labute approximate surface area is 161 Å². The summed E-state index contributed by atoms with van der Waals surface area (Å²) < 4.78 is 21.7. The lowest BCUT2D eigenvalue weighted by Crippen LogP contribution is -2.47. The van der Waals surface area contributed by atoms with E-state index in [1.165, 1.54) is 16.1 Å². The molecule has 2 amide bonds. The Kier molecular flexibility index (Phi) is 4.46. The Balaban J connectivity index is 1.59. The lowest BCUT2D eigenvalue weighted by atomic mass is 9.98. The van der Waals surface area contributed by atoms with Gasteiger partial charge in [-0.05, 0) is 36.8 Å². The van der Waals surface area contributed by atoms with Crippen LogP contribution >= 0.6 is 0 Å². The topological polar surface area (TPSA) is 81.5 Å². The first kappa shape index (κ1) is 18.0. The number of carbonyl (C=O) groups excluding carboxylic acids is 2. The van der Waals surface area contributed by atoms with Crippen molar-refractivity contribution in [3.8, 4) is 11.5 Å². The maximum absolute atomic E-state index is 13.0. The van der Waals surface area contributed by atoms with Crippen molar-refractivity contribution in [3.05, 3.63) is 59.2 Å². The number of furan rings is 1. The highest BCUT2D eigenvalue weighted by atomic mass is 16.7. The molecular formula is C20H20N2O6. The summed E-state index contributed by atoms with van der Waals surface area (Å²) in [5, 5.41) is 0. The molecule has 1 aromatic carbocycles. The zero-order chi connectivity index (χ0) is 19.8.